The van der Waals surface area contributed by atoms with Crippen molar-refractivity contribution in [2.24, 2.45) is 0 Å². The van der Waals surface area contributed by atoms with Gasteiger partial charge < -0.3 is 5.11 Å². The van der Waals surface area contributed by atoms with E-state index in [-0.39, 0.29) is 0 Å². The molecule has 0 radical (unpaired) electrons. The Labute approximate surface area is 63.1 Å². The normalized spacial score (nSPS) is 11.7. The van der Waals surface area contributed by atoms with Gasteiger partial charge in [0.1, 0.15) is 0 Å². The van der Waals surface area contributed by atoms with Crippen molar-refractivity contribution in [1.29, 1.82) is 0 Å². The van der Waals surface area contributed by atoms with E-state index in [1.165, 1.54) is 19.3 Å². The summed E-state index contributed by atoms with van der Waals surface area (Å²) in [6.45, 7) is 2.19. The average molecular weight is 140 g/mol. The lowest BCUT2D eigenvalue weighted by molar-refractivity contribution is 0.473. The lowest BCUT2D eigenvalue weighted by Gasteiger charge is -1.89. The van der Waals surface area contributed by atoms with E-state index in [0.717, 1.165) is 12.7 Å². The predicted octanol–water partition coefficient (Wildman–Crippen LogP) is 3.19. The fourth-order valence-corrected chi connectivity index (χ4v) is 0.737. The Morgan fingerprint density at radius 1 is 1.20 bits per heavy atom. The molecule has 0 aliphatic rings. The summed E-state index contributed by atoms with van der Waals surface area (Å²) in [5, 5.41) is 8.24. The number of unbranched alkanes of at least 4 members (excludes halogenated alkanes) is 3. The number of allylic oxidation sites excluding steroid dienone is 3. The summed E-state index contributed by atoms with van der Waals surface area (Å²) in [5.74, 6) is 0. The zero-order valence-electron chi connectivity index (χ0n) is 6.59. The summed E-state index contributed by atoms with van der Waals surface area (Å²) in [5.41, 5.74) is 0. The van der Waals surface area contributed by atoms with Crippen LogP contribution in [0.4, 0.5) is 0 Å². The molecule has 1 heteroatoms. The van der Waals surface area contributed by atoms with E-state index in [1.54, 1.807) is 6.08 Å². The van der Waals surface area contributed by atoms with Crippen molar-refractivity contribution in [2.45, 2.75) is 32.6 Å². The molecule has 0 aromatic carbocycles. The molecule has 1 N–H and O–H groups in total. The van der Waals surface area contributed by atoms with E-state index < -0.39 is 0 Å². The van der Waals surface area contributed by atoms with Crippen LogP contribution in [0.25, 0.3) is 0 Å². The van der Waals surface area contributed by atoms with Gasteiger partial charge in [0.15, 0.2) is 0 Å². The highest BCUT2D eigenvalue weighted by Crippen LogP contribution is 1.99. The smallest absolute Gasteiger partial charge is 0.0791 e. The van der Waals surface area contributed by atoms with Crippen LogP contribution in [-0.4, -0.2) is 5.11 Å². The summed E-state index contributed by atoms with van der Waals surface area (Å²) >= 11 is 0. The van der Waals surface area contributed by atoms with Crippen molar-refractivity contribution in [1.82, 2.24) is 0 Å². The van der Waals surface area contributed by atoms with E-state index in [1.807, 2.05) is 6.08 Å². The van der Waals surface area contributed by atoms with E-state index in [4.69, 9.17) is 5.11 Å². The molecule has 0 saturated carbocycles. The maximum Gasteiger partial charge on any atom is 0.0791 e. The van der Waals surface area contributed by atoms with Gasteiger partial charge in [-0.15, -0.1) is 0 Å². The summed E-state index contributed by atoms with van der Waals surface area (Å²) in [7, 11) is 0. The minimum atomic E-state index is 1.05. The Balaban J connectivity index is 3.02. The molecule has 0 aromatic heterocycles. The lowest BCUT2D eigenvalue weighted by atomic mass is 10.2. The highest BCUT2D eigenvalue weighted by molar-refractivity contribution is 4.98. The van der Waals surface area contributed by atoms with Gasteiger partial charge in [-0.05, 0) is 18.9 Å². The van der Waals surface area contributed by atoms with Crippen LogP contribution >= 0.6 is 0 Å². The summed E-state index contributed by atoms with van der Waals surface area (Å²) in [6, 6.07) is 0. The van der Waals surface area contributed by atoms with Crippen molar-refractivity contribution < 1.29 is 5.11 Å². The standard InChI is InChI=1S/C9H16O/c1-2-3-4-5-6-7-8-9-10/h6-10H,2-5H2,1H3/b7-6-,9-8-. The number of hydrogen-bond acceptors (Lipinski definition) is 1. The highest BCUT2D eigenvalue weighted by Gasteiger charge is 1.79. The largest absolute Gasteiger partial charge is 0.516 e. The molecule has 10 heavy (non-hydrogen) atoms. The van der Waals surface area contributed by atoms with Crippen LogP contribution in [0.2, 0.25) is 0 Å². The van der Waals surface area contributed by atoms with Crippen LogP contribution in [0.15, 0.2) is 24.5 Å². The minimum absolute atomic E-state index is 1.05. The summed E-state index contributed by atoms with van der Waals surface area (Å²) in [4.78, 5) is 0. The van der Waals surface area contributed by atoms with E-state index in [2.05, 4.69) is 13.0 Å². The maximum atomic E-state index is 8.24. The van der Waals surface area contributed by atoms with Gasteiger partial charge in [0.05, 0.1) is 6.26 Å². The summed E-state index contributed by atoms with van der Waals surface area (Å²) < 4.78 is 0. The minimum Gasteiger partial charge on any atom is -0.516 e. The first-order valence-corrected chi connectivity index (χ1v) is 3.87. The molecule has 58 valence electrons. The molecule has 0 bridgehead atoms. The van der Waals surface area contributed by atoms with Gasteiger partial charge in [0, 0.05) is 0 Å². The van der Waals surface area contributed by atoms with Crippen LogP contribution in [0.5, 0.6) is 0 Å². The monoisotopic (exact) mass is 140 g/mol. The lowest BCUT2D eigenvalue weighted by Crippen LogP contribution is -1.69. The van der Waals surface area contributed by atoms with Gasteiger partial charge in [-0.3, -0.25) is 0 Å². The van der Waals surface area contributed by atoms with Crippen LogP contribution in [-0.2, 0) is 0 Å². The third-order valence-corrected chi connectivity index (χ3v) is 1.31. The van der Waals surface area contributed by atoms with Crippen LogP contribution in [0.3, 0.4) is 0 Å². The van der Waals surface area contributed by atoms with Gasteiger partial charge in [0.25, 0.3) is 0 Å². The van der Waals surface area contributed by atoms with Crippen molar-refractivity contribution in [3.8, 4) is 0 Å². The molecule has 0 fully saturated rings. The van der Waals surface area contributed by atoms with Crippen molar-refractivity contribution in [3.05, 3.63) is 24.5 Å². The Morgan fingerprint density at radius 2 is 2.00 bits per heavy atom. The van der Waals surface area contributed by atoms with Crippen molar-refractivity contribution in [2.75, 3.05) is 0 Å². The predicted molar refractivity (Wildman–Crippen MR) is 45.1 cm³/mol. The fourth-order valence-electron chi connectivity index (χ4n) is 0.737. The maximum absolute atomic E-state index is 8.24. The molecule has 0 amide bonds. The van der Waals surface area contributed by atoms with Crippen LogP contribution in [0, 0.1) is 0 Å². The summed E-state index contributed by atoms with van der Waals surface area (Å²) in [6.07, 6.45) is 11.6. The Bertz CT molecular complexity index is 103. The van der Waals surface area contributed by atoms with Gasteiger partial charge in [-0.1, -0.05) is 31.9 Å². The van der Waals surface area contributed by atoms with Crippen LogP contribution < -0.4 is 0 Å². The number of hydrogen-bond donors (Lipinski definition) is 1. The highest BCUT2D eigenvalue weighted by atomic mass is 16.2. The quantitative estimate of drug-likeness (QED) is 0.353. The third-order valence-electron chi connectivity index (χ3n) is 1.31. The number of rotatable bonds is 5. The molecule has 0 aliphatic heterocycles. The number of aliphatic hydroxyl groups excluding tert-OH is 1. The van der Waals surface area contributed by atoms with Crippen molar-refractivity contribution in [3.63, 3.8) is 0 Å². The van der Waals surface area contributed by atoms with Crippen LogP contribution in [0.1, 0.15) is 32.6 Å². The Kier molecular flexibility index (Phi) is 7.68. The second-order valence-electron chi connectivity index (χ2n) is 2.27. The first kappa shape index (κ1) is 9.28. The molecule has 0 rings (SSSR count). The SMILES string of the molecule is CCCCC/C=C\C=C/O. The van der Waals surface area contributed by atoms with E-state index in [0.29, 0.717) is 0 Å². The second-order valence-corrected chi connectivity index (χ2v) is 2.27. The number of aliphatic hydroxyl groups is 1. The fraction of sp³-hybridized carbons (Fsp3) is 0.556. The molecule has 0 aliphatic carbocycles. The zero-order chi connectivity index (χ0) is 7.66. The van der Waals surface area contributed by atoms with Gasteiger partial charge in [0.2, 0.25) is 0 Å². The van der Waals surface area contributed by atoms with Gasteiger partial charge in [-0.25, -0.2) is 0 Å². The van der Waals surface area contributed by atoms with Gasteiger partial charge in [-0.2, -0.15) is 0 Å². The average Bonchev–Trinajstić information content (AvgIpc) is 1.97. The molecular formula is C9H16O. The first-order valence-electron chi connectivity index (χ1n) is 3.87. The Hall–Kier alpha value is -0.720. The molecule has 0 saturated heterocycles. The molecule has 0 aromatic rings. The zero-order valence-corrected chi connectivity index (χ0v) is 6.59. The molecule has 0 heterocycles. The third kappa shape index (κ3) is 7.28. The van der Waals surface area contributed by atoms with Crippen molar-refractivity contribution >= 4 is 0 Å². The molecule has 1 nitrogen and oxygen atoms in total. The molecule has 0 unspecified atom stereocenters. The van der Waals surface area contributed by atoms with E-state index >= 15 is 0 Å². The van der Waals surface area contributed by atoms with E-state index in [9.17, 15) is 0 Å². The second kappa shape index (κ2) is 8.28. The topological polar surface area (TPSA) is 20.2 Å². The molecular weight excluding hydrogens is 124 g/mol. The molecule has 0 atom stereocenters. The molecule has 0 spiro atoms. The Morgan fingerprint density at radius 3 is 2.60 bits per heavy atom. The first-order chi connectivity index (χ1) is 4.91. The van der Waals surface area contributed by atoms with Gasteiger partial charge >= 0.3 is 0 Å².